The monoisotopic (exact) mass is 411 g/mol. The van der Waals surface area contributed by atoms with E-state index >= 15 is 0 Å². The van der Waals surface area contributed by atoms with Crippen molar-refractivity contribution in [1.82, 2.24) is 19.6 Å². The maximum absolute atomic E-state index is 12.5. The highest BCUT2D eigenvalue weighted by molar-refractivity contribution is 6.03. The average molecular weight is 411 g/mol. The van der Waals surface area contributed by atoms with Crippen LogP contribution in [0.25, 0.3) is 0 Å². The minimum atomic E-state index is -0.567. The Balaban J connectivity index is 1.57. The van der Waals surface area contributed by atoms with Crippen LogP contribution in [0.2, 0.25) is 0 Å². The van der Waals surface area contributed by atoms with Crippen LogP contribution in [0.1, 0.15) is 23.1 Å². The van der Waals surface area contributed by atoms with E-state index in [-0.39, 0.29) is 24.2 Å². The van der Waals surface area contributed by atoms with E-state index in [1.807, 2.05) is 0 Å². The number of rotatable bonds is 7. The zero-order valence-corrected chi connectivity index (χ0v) is 16.7. The number of carbonyl (C=O) groups is 2. The lowest BCUT2D eigenvalue weighted by molar-refractivity contribution is -0.389. The highest BCUT2D eigenvalue weighted by Crippen LogP contribution is 2.17. The summed E-state index contributed by atoms with van der Waals surface area (Å²) in [7, 11) is 1.73. The first-order valence-electron chi connectivity index (χ1n) is 9.13. The van der Waals surface area contributed by atoms with Crippen LogP contribution >= 0.6 is 0 Å². The molecule has 156 valence electrons. The predicted octanol–water partition coefficient (Wildman–Crippen LogP) is 2.36. The van der Waals surface area contributed by atoms with E-state index in [2.05, 4.69) is 20.8 Å². The van der Waals surface area contributed by atoms with Crippen molar-refractivity contribution in [1.29, 1.82) is 0 Å². The van der Waals surface area contributed by atoms with Crippen molar-refractivity contribution in [3.05, 3.63) is 64.1 Å². The molecule has 0 aliphatic rings. The van der Waals surface area contributed by atoms with E-state index in [0.29, 0.717) is 22.8 Å². The number of benzene rings is 1. The molecular formula is C19H21N7O4. The van der Waals surface area contributed by atoms with Crippen LogP contribution in [0.5, 0.6) is 0 Å². The molecule has 3 aromatic rings. The number of carbonyl (C=O) groups excluding carboxylic acids is 2. The largest absolute Gasteiger partial charge is 0.390 e. The second-order valence-corrected chi connectivity index (χ2v) is 6.88. The molecule has 30 heavy (non-hydrogen) atoms. The Kier molecular flexibility index (Phi) is 5.90. The highest BCUT2D eigenvalue weighted by atomic mass is 16.6. The maximum Gasteiger partial charge on any atom is 0.390 e. The molecule has 3 rings (SSSR count). The van der Waals surface area contributed by atoms with Gasteiger partial charge in [0.1, 0.15) is 0 Å². The number of nitrogens with zero attached hydrogens (tertiary/aromatic N) is 5. The molecule has 2 N–H and O–H groups in total. The summed E-state index contributed by atoms with van der Waals surface area (Å²) in [6.07, 6.45) is 1.68. The fourth-order valence-electron chi connectivity index (χ4n) is 2.74. The minimum Gasteiger partial charge on any atom is -0.358 e. The zero-order chi connectivity index (χ0) is 21.8. The van der Waals surface area contributed by atoms with Crippen molar-refractivity contribution in [2.75, 3.05) is 10.6 Å². The van der Waals surface area contributed by atoms with Crippen molar-refractivity contribution in [2.45, 2.75) is 20.4 Å². The molecule has 1 unspecified atom stereocenters. The summed E-state index contributed by atoms with van der Waals surface area (Å²) in [6, 6.07) is 9.65. The first kappa shape index (κ1) is 20.7. The number of amides is 2. The smallest absolute Gasteiger partial charge is 0.358 e. The molecule has 0 saturated carbocycles. The number of hydrogen-bond acceptors (Lipinski definition) is 6. The molecule has 0 fully saturated rings. The topological polar surface area (TPSA) is 137 Å². The van der Waals surface area contributed by atoms with Gasteiger partial charge in [-0.3, -0.25) is 14.3 Å². The van der Waals surface area contributed by atoms with Crippen molar-refractivity contribution in [3.63, 3.8) is 0 Å². The van der Waals surface area contributed by atoms with Crippen LogP contribution in [0, 0.1) is 23.0 Å². The van der Waals surface area contributed by atoms with Gasteiger partial charge in [0.15, 0.2) is 5.69 Å². The van der Waals surface area contributed by atoms with Crippen LogP contribution < -0.4 is 10.6 Å². The van der Waals surface area contributed by atoms with Crippen LogP contribution in [0.3, 0.4) is 0 Å². The Bertz CT molecular complexity index is 1080. The molecule has 11 nitrogen and oxygen atoms in total. The molecule has 1 aromatic carbocycles. The molecule has 0 bridgehead atoms. The summed E-state index contributed by atoms with van der Waals surface area (Å²) in [5.41, 5.74) is 2.04. The molecule has 1 atom stereocenters. The van der Waals surface area contributed by atoms with Gasteiger partial charge in [0, 0.05) is 24.6 Å². The molecule has 0 aliphatic carbocycles. The molecular weight excluding hydrogens is 390 g/mol. The molecule has 0 spiro atoms. The Morgan fingerprint density at radius 2 is 1.77 bits per heavy atom. The lowest BCUT2D eigenvalue weighted by Gasteiger charge is -2.12. The van der Waals surface area contributed by atoms with Crippen molar-refractivity contribution in [2.24, 2.45) is 13.0 Å². The second-order valence-electron chi connectivity index (χ2n) is 6.88. The van der Waals surface area contributed by atoms with Gasteiger partial charge >= 0.3 is 5.82 Å². The number of aromatic nitrogens is 4. The first-order chi connectivity index (χ1) is 14.2. The summed E-state index contributed by atoms with van der Waals surface area (Å²) >= 11 is 0. The van der Waals surface area contributed by atoms with Crippen LogP contribution in [0.4, 0.5) is 17.2 Å². The fourth-order valence-corrected chi connectivity index (χ4v) is 2.74. The van der Waals surface area contributed by atoms with Crippen molar-refractivity contribution in [3.8, 4) is 0 Å². The number of aryl methyl sites for hydroxylation is 2. The van der Waals surface area contributed by atoms with Gasteiger partial charge in [-0.1, -0.05) is 6.92 Å². The van der Waals surface area contributed by atoms with Gasteiger partial charge in [0.05, 0.1) is 29.3 Å². The van der Waals surface area contributed by atoms with E-state index in [1.54, 1.807) is 57.4 Å². The third-order valence-corrected chi connectivity index (χ3v) is 4.41. The highest BCUT2D eigenvalue weighted by Gasteiger charge is 2.21. The van der Waals surface area contributed by atoms with Gasteiger partial charge in [0.25, 0.3) is 5.91 Å². The molecule has 0 aliphatic heterocycles. The third kappa shape index (κ3) is 4.87. The summed E-state index contributed by atoms with van der Waals surface area (Å²) in [5.74, 6) is -1.29. The quantitative estimate of drug-likeness (QED) is 0.452. The maximum atomic E-state index is 12.5. The zero-order valence-electron chi connectivity index (χ0n) is 16.7. The van der Waals surface area contributed by atoms with Crippen molar-refractivity contribution < 1.29 is 14.5 Å². The summed E-state index contributed by atoms with van der Waals surface area (Å²) in [5, 5.41) is 24.3. The van der Waals surface area contributed by atoms with Gasteiger partial charge in [0.2, 0.25) is 5.91 Å². The Labute approximate surface area is 171 Å². The lowest BCUT2D eigenvalue weighted by Crippen LogP contribution is -2.25. The summed E-state index contributed by atoms with van der Waals surface area (Å²) in [6.45, 7) is 3.62. The van der Waals surface area contributed by atoms with Crippen molar-refractivity contribution >= 4 is 29.0 Å². The average Bonchev–Trinajstić information content (AvgIpc) is 3.29. The number of nitrogens with one attached hydrogen (secondary N) is 2. The summed E-state index contributed by atoms with van der Waals surface area (Å²) in [4.78, 5) is 34.8. The van der Waals surface area contributed by atoms with Gasteiger partial charge in [-0.2, -0.15) is 9.78 Å². The summed E-state index contributed by atoms with van der Waals surface area (Å²) < 4.78 is 2.98. The predicted molar refractivity (Wildman–Crippen MR) is 109 cm³/mol. The molecule has 2 aromatic heterocycles. The molecule has 0 radical (unpaired) electrons. The fraction of sp³-hybridized carbons (Fsp3) is 0.263. The lowest BCUT2D eigenvalue weighted by atomic mass is 10.1. The number of anilines is 2. The second kappa shape index (κ2) is 8.55. The molecule has 2 amide bonds. The number of hydrogen-bond donors (Lipinski definition) is 2. The Morgan fingerprint density at radius 3 is 2.30 bits per heavy atom. The van der Waals surface area contributed by atoms with Crippen LogP contribution in [0.15, 0.2) is 42.6 Å². The van der Waals surface area contributed by atoms with Crippen LogP contribution in [-0.2, 0) is 18.4 Å². The van der Waals surface area contributed by atoms with E-state index in [0.717, 1.165) is 0 Å². The van der Waals surface area contributed by atoms with E-state index in [9.17, 15) is 19.7 Å². The molecule has 0 saturated heterocycles. The van der Waals surface area contributed by atoms with E-state index < -0.39 is 10.8 Å². The molecule has 11 heteroatoms. The standard InChI is InChI=1S/C19H21N7O4/c1-12(11-25-13(2)10-17(23-25)26(29)30)18(27)20-14-4-6-15(7-5-14)21-19(28)16-8-9-24(3)22-16/h4-10,12H,11H2,1-3H3,(H,20,27)(H,21,28). The van der Waals surface area contributed by atoms with Gasteiger partial charge in [-0.05, 0) is 42.2 Å². The van der Waals surface area contributed by atoms with Gasteiger partial charge < -0.3 is 20.7 Å². The van der Waals surface area contributed by atoms with E-state index in [1.165, 1.54) is 15.4 Å². The van der Waals surface area contributed by atoms with E-state index in [4.69, 9.17) is 0 Å². The normalized spacial score (nSPS) is 11.7. The van der Waals surface area contributed by atoms with Gasteiger partial charge in [-0.25, -0.2) is 0 Å². The third-order valence-electron chi connectivity index (χ3n) is 4.41. The first-order valence-corrected chi connectivity index (χ1v) is 9.13. The molecule has 2 heterocycles. The van der Waals surface area contributed by atoms with Gasteiger partial charge in [-0.15, -0.1) is 0 Å². The Morgan fingerprint density at radius 1 is 1.13 bits per heavy atom. The minimum absolute atomic E-state index is 0.212. The SMILES string of the molecule is Cc1cc([N+](=O)[O-])nn1CC(C)C(=O)Nc1ccc(NC(=O)c2ccn(C)n2)cc1. The Hall–Kier alpha value is -4.02. The number of nitro groups is 1. The van der Waals surface area contributed by atoms with Crippen LogP contribution in [-0.4, -0.2) is 36.3 Å².